The van der Waals surface area contributed by atoms with Crippen LogP contribution < -0.4 is 10.2 Å². The Hall–Kier alpha value is -3.85. The van der Waals surface area contributed by atoms with Crippen LogP contribution in [0.15, 0.2) is 70.8 Å². The molecular weight excluding hydrogens is 397 g/mol. The van der Waals surface area contributed by atoms with E-state index in [4.69, 9.17) is 16.6 Å². The number of rotatable bonds is 4. The molecule has 1 aliphatic heterocycles. The number of nitro groups is 1. The standard InChI is InChI=1S/C20H12FN3O4S/c21-15-3-1-2-4-17(15)23-19(25)16(22-20(23)29)11-14-9-10-18(28-14)12-5-7-13(8-6-12)24(26)27/h1-11H,(H,22,29)/b16-11-. The first-order valence-electron chi connectivity index (χ1n) is 8.40. The maximum atomic E-state index is 14.1. The van der Waals surface area contributed by atoms with E-state index in [1.807, 2.05) is 0 Å². The molecule has 0 bridgehead atoms. The van der Waals surface area contributed by atoms with Gasteiger partial charge in [-0.2, -0.15) is 0 Å². The summed E-state index contributed by atoms with van der Waals surface area (Å²) >= 11 is 5.17. The number of anilines is 1. The van der Waals surface area contributed by atoms with Gasteiger partial charge >= 0.3 is 0 Å². The summed E-state index contributed by atoms with van der Waals surface area (Å²) in [6.07, 6.45) is 1.46. The van der Waals surface area contributed by atoms with Gasteiger partial charge in [0.2, 0.25) is 0 Å². The van der Waals surface area contributed by atoms with Crippen LogP contribution in [0.5, 0.6) is 0 Å². The van der Waals surface area contributed by atoms with Gasteiger partial charge in [0.25, 0.3) is 11.6 Å². The van der Waals surface area contributed by atoms with Gasteiger partial charge in [-0.05, 0) is 48.6 Å². The molecule has 2 aromatic carbocycles. The number of para-hydroxylation sites is 1. The molecule has 1 aliphatic rings. The number of nitrogens with one attached hydrogen (secondary N) is 1. The third-order valence-corrected chi connectivity index (χ3v) is 4.53. The van der Waals surface area contributed by atoms with Crippen LogP contribution in [-0.2, 0) is 4.79 Å². The molecule has 0 radical (unpaired) electrons. The van der Waals surface area contributed by atoms with Gasteiger partial charge < -0.3 is 9.73 Å². The zero-order valence-electron chi connectivity index (χ0n) is 14.7. The van der Waals surface area contributed by atoms with E-state index in [0.717, 1.165) is 4.90 Å². The second-order valence-corrected chi connectivity index (χ2v) is 6.47. The smallest absolute Gasteiger partial charge is 0.281 e. The minimum Gasteiger partial charge on any atom is -0.457 e. The molecule has 1 fully saturated rings. The summed E-state index contributed by atoms with van der Waals surface area (Å²) in [6, 6.07) is 15.1. The highest BCUT2D eigenvalue weighted by Gasteiger charge is 2.33. The molecule has 0 unspecified atom stereocenters. The van der Waals surface area contributed by atoms with Crippen LogP contribution in [0.25, 0.3) is 17.4 Å². The average Bonchev–Trinajstić information content (AvgIpc) is 3.27. The third-order valence-electron chi connectivity index (χ3n) is 4.25. The second-order valence-electron chi connectivity index (χ2n) is 6.09. The average molecular weight is 409 g/mol. The zero-order valence-corrected chi connectivity index (χ0v) is 15.5. The third kappa shape index (κ3) is 3.50. The molecule has 29 heavy (non-hydrogen) atoms. The van der Waals surface area contributed by atoms with Crippen LogP contribution in [0.3, 0.4) is 0 Å². The SMILES string of the molecule is O=C1/C(=C/c2ccc(-c3ccc([N+](=O)[O-])cc3)o2)NC(=S)N1c1ccccc1F. The number of carbonyl (C=O) groups excluding carboxylic acids is 1. The van der Waals surface area contributed by atoms with Crippen molar-refractivity contribution in [3.8, 4) is 11.3 Å². The summed E-state index contributed by atoms with van der Waals surface area (Å²) in [5.41, 5.74) is 0.826. The van der Waals surface area contributed by atoms with Crippen molar-refractivity contribution in [3.63, 3.8) is 0 Å². The normalized spacial score (nSPS) is 15.1. The van der Waals surface area contributed by atoms with E-state index in [2.05, 4.69) is 5.32 Å². The Morgan fingerprint density at radius 2 is 1.83 bits per heavy atom. The van der Waals surface area contributed by atoms with Gasteiger partial charge in [0.1, 0.15) is 23.0 Å². The lowest BCUT2D eigenvalue weighted by Gasteiger charge is -2.14. The predicted octanol–water partition coefficient (Wildman–Crippen LogP) is 4.26. The summed E-state index contributed by atoms with van der Waals surface area (Å²) in [5.74, 6) is -0.226. The van der Waals surface area contributed by atoms with Gasteiger partial charge in [-0.3, -0.25) is 14.9 Å². The fourth-order valence-corrected chi connectivity index (χ4v) is 3.15. The van der Waals surface area contributed by atoms with Gasteiger partial charge in [-0.1, -0.05) is 12.1 Å². The highest BCUT2D eigenvalue weighted by Crippen LogP contribution is 2.28. The lowest BCUT2D eigenvalue weighted by Crippen LogP contribution is -2.31. The van der Waals surface area contributed by atoms with Crippen LogP contribution in [0, 0.1) is 15.9 Å². The second kappa shape index (κ2) is 7.28. The van der Waals surface area contributed by atoms with Gasteiger partial charge in [0.05, 0.1) is 10.6 Å². The van der Waals surface area contributed by atoms with Gasteiger partial charge in [-0.25, -0.2) is 9.29 Å². The van der Waals surface area contributed by atoms with Crippen molar-refractivity contribution in [3.05, 3.63) is 88.1 Å². The van der Waals surface area contributed by atoms with Crippen molar-refractivity contribution < 1.29 is 18.5 Å². The quantitative estimate of drug-likeness (QED) is 0.300. The van der Waals surface area contributed by atoms with Crippen LogP contribution >= 0.6 is 12.2 Å². The number of hydrogen-bond acceptors (Lipinski definition) is 5. The Bertz CT molecular complexity index is 1170. The predicted molar refractivity (Wildman–Crippen MR) is 108 cm³/mol. The number of halogens is 1. The molecule has 4 rings (SSSR count). The molecule has 0 aliphatic carbocycles. The van der Waals surface area contributed by atoms with Crippen molar-refractivity contribution in [2.24, 2.45) is 0 Å². The van der Waals surface area contributed by atoms with E-state index in [1.165, 1.54) is 36.4 Å². The Morgan fingerprint density at radius 3 is 2.52 bits per heavy atom. The summed E-state index contributed by atoms with van der Waals surface area (Å²) < 4.78 is 19.8. The lowest BCUT2D eigenvalue weighted by atomic mass is 10.1. The van der Waals surface area contributed by atoms with Crippen LogP contribution in [0.1, 0.15) is 5.76 Å². The van der Waals surface area contributed by atoms with E-state index in [1.54, 1.807) is 30.3 Å². The fraction of sp³-hybridized carbons (Fsp3) is 0. The number of nitrogens with zero attached hydrogens (tertiary/aromatic N) is 2. The zero-order chi connectivity index (χ0) is 20.5. The molecule has 1 aromatic heterocycles. The van der Waals surface area contributed by atoms with Crippen molar-refractivity contribution in [1.29, 1.82) is 0 Å². The maximum absolute atomic E-state index is 14.1. The Morgan fingerprint density at radius 1 is 1.10 bits per heavy atom. The van der Waals surface area contributed by atoms with E-state index in [9.17, 15) is 19.3 Å². The van der Waals surface area contributed by atoms with Crippen molar-refractivity contribution in [1.82, 2.24) is 5.32 Å². The summed E-state index contributed by atoms with van der Waals surface area (Å²) in [6.45, 7) is 0. The van der Waals surface area contributed by atoms with E-state index < -0.39 is 16.6 Å². The van der Waals surface area contributed by atoms with Gasteiger partial charge in [-0.15, -0.1) is 0 Å². The Balaban J connectivity index is 1.59. The molecule has 0 spiro atoms. The van der Waals surface area contributed by atoms with Crippen LogP contribution in [-0.4, -0.2) is 15.9 Å². The van der Waals surface area contributed by atoms with Gasteiger partial charge in [0.15, 0.2) is 5.11 Å². The van der Waals surface area contributed by atoms with Crippen molar-refractivity contribution in [2.45, 2.75) is 0 Å². The molecule has 7 nitrogen and oxygen atoms in total. The number of thiocarbonyl (C=S) groups is 1. The molecule has 1 amide bonds. The first-order chi connectivity index (χ1) is 13.9. The first kappa shape index (κ1) is 18.5. The Kier molecular flexibility index (Phi) is 4.65. The van der Waals surface area contributed by atoms with Crippen molar-refractivity contribution >= 4 is 40.7 Å². The highest BCUT2D eigenvalue weighted by atomic mass is 32.1. The largest absolute Gasteiger partial charge is 0.457 e. The number of nitro benzene ring substituents is 1. The van der Waals surface area contributed by atoms with Crippen LogP contribution in [0.4, 0.5) is 15.8 Å². The number of benzene rings is 2. The van der Waals surface area contributed by atoms with Crippen molar-refractivity contribution in [2.75, 3.05) is 4.90 Å². The Labute approximate surface area is 169 Å². The van der Waals surface area contributed by atoms with E-state index in [-0.39, 0.29) is 22.2 Å². The number of non-ortho nitro benzene ring substituents is 1. The number of furan rings is 1. The summed E-state index contributed by atoms with van der Waals surface area (Å²) in [4.78, 5) is 24.0. The first-order valence-corrected chi connectivity index (χ1v) is 8.81. The lowest BCUT2D eigenvalue weighted by molar-refractivity contribution is -0.384. The molecule has 0 saturated carbocycles. The number of carbonyl (C=O) groups is 1. The summed E-state index contributed by atoms with van der Waals surface area (Å²) in [7, 11) is 0. The highest BCUT2D eigenvalue weighted by molar-refractivity contribution is 7.80. The van der Waals surface area contributed by atoms with Gasteiger partial charge in [0, 0.05) is 23.8 Å². The number of amides is 1. The minimum absolute atomic E-state index is 0.0230. The number of hydrogen-bond donors (Lipinski definition) is 1. The summed E-state index contributed by atoms with van der Waals surface area (Å²) in [5, 5.41) is 13.6. The molecule has 1 N–H and O–H groups in total. The minimum atomic E-state index is -0.565. The molecule has 3 aromatic rings. The van der Waals surface area contributed by atoms with Crippen LogP contribution in [0.2, 0.25) is 0 Å². The molecule has 1 saturated heterocycles. The molecule has 144 valence electrons. The topological polar surface area (TPSA) is 88.6 Å². The molecule has 9 heteroatoms. The van der Waals surface area contributed by atoms with E-state index in [0.29, 0.717) is 17.1 Å². The molecule has 0 atom stereocenters. The monoisotopic (exact) mass is 409 g/mol. The maximum Gasteiger partial charge on any atom is 0.281 e. The molecule has 2 heterocycles. The molecular formula is C20H12FN3O4S. The van der Waals surface area contributed by atoms with E-state index >= 15 is 0 Å². The fourth-order valence-electron chi connectivity index (χ4n) is 2.86.